The third kappa shape index (κ3) is 4.43. The zero-order chi connectivity index (χ0) is 22.2. The van der Waals surface area contributed by atoms with Gasteiger partial charge < -0.3 is 9.32 Å². The predicted molar refractivity (Wildman–Crippen MR) is 121 cm³/mol. The summed E-state index contributed by atoms with van der Waals surface area (Å²) >= 11 is 0. The van der Waals surface area contributed by atoms with Crippen LogP contribution in [0, 0.1) is 6.92 Å². The average Bonchev–Trinajstić information content (AvgIpc) is 3.01. The number of nitrogens with zero attached hydrogens (tertiary/aromatic N) is 1. The van der Waals surface area contributed by atoms with Gasteiger partial charge in [0.25, 0.3) is 0 Å². The first kappa shape index (κ1) is 22.1. The van der Waals surface area contributed by atoms with Gasteiger partial charge in [0.1, 0.15) is 5.58 Å². The minimum absolute atomic E-state index is 0.0634. The Morgan fingerprint density at radius 3 is 2.23 bits per heavy atom. The van der Waals surface area contributed by atoms with Crippen molar-refractivity contribution in [3.63, 3.8) is 0 Å². The summed E-state index contributed by atoms with van der Waals surface area (Å²) in [7, 11) is -3.28. The summed E-state index contributed by atoms with van der Waals surface area (Å²) in [4.78, 5) is 15.2. The number of fused-ring (bicyclic) bond motifs is 1. The van der Waals surface area contributed by atoms with Crippen LogP contribution < -0.4 is 4.90 Å². The highest BCUT2D eigenvalue weighted by atomic mass is 32.2. The summed E-state index contributed by atoms with van der Waals surface area (Å²) in [5.41, 5.74) is 4.74. The fourth-order valence-electron chi connectivity index (χ4n) is 3.84. The minimum Gasteiger partial charge on any atom is -0.464 e. The topological polar surface area (TPSA) is 67.6 Å². The maximum Gasteiger partial charge on any atom is 0.231 e. The third-order valence-corrected chi connectivity index (χ3v) is 6.46. The van der Waals surface area contributed by atoms with Gasteiger partial charge in [-0.05, 0) is 74.2 Å². The third-order valence-electron chi connectivity index (χ3n) is 5.33. The normalized spacial score (nSPS) is 12.1. The quantitative estimate of drug-likeness (QED) is 0.539. The van der Waals surface area contributed by atoms with E-state index in [1.807, 2.05) is 19.9 Å². The molecule has 0 spiro atoms. The first-order valence-corrected chi connectivity index (χ1v) is 12.0. The number of hydrogen-bond acceptors (Lipinski definition) is 4. The van der Waals surface area contributed by atoms with Gasteiger partial charge in [-0.2, -0.15) is 0 Å². The number of hydrogen-bond donors (Lipinski definition) is 0. The van der Waals surface area contributed by atoms with Crippen LogP contribution in [0.1, 0.15) is 50.3 Å². The fraction of sp³-hybridized carbons (Fsp3) is 0.375. The Bertz CT molecular complexity index is 1170. The van der Waals surface area contributed by atoms with E-state index < -0.39 is 9.84 Å². The lowest BCUT2D eigenvalue weighted by molar-refractivity contribution is -0.118. The first-order chi connectivity index (χ1) is 14.0. The monoisotopic (exact) mass is 427 g/mol. The second-order valence-electron chi connectivity index (χ2n) is 8.42. The highest BCUT2D eigenvalue weighted by Gasteiger charge is 2.22. The zero-order valence-electron chi connectivity index (χ0n) is 18.4. The Labute approximate surface area is 178 Å². The molecule has 30 heavy (non-hydrogen) atoms. The van der Waals surface area contributed by atoms with Gasteiger partial charge >= 0.3 is 0 Å². The van der Waals surface area contributed by atoms with Gasteiger partial charge in [-0.1, -0.05) is 13.8 Å². The highest BCUT2D eigenvalue weighted by molar-refractivity contribution is 7.90. The fourth-order valence-corrected chi connectivity index (χ4v) is 4.47. The van der Waals surface area contributed by atoms with Crippen molar-refractivity contribution in [2.45, 2.75) is 57.9 Å². The Hall–Kier alpha value is -2.60. The molecule has 0 saturated carbocycles. The van der Waals surface area contributed by atoms with Crippen LogP contribution in [0.3, 0.4) is 0 Å². The van der Waals surface area contributed by atoms with Crippen molar-refractivity contribution in [1.82, 2.24) is 0 Å². The first-order valence-electron chi connectivity index (χ1n) is 10.1. The summed E-state index contributed by atoms with van der Waals surface area (Å²) in [6, 6.07) is 10.5. The summed E-state index contributed by atoms with van der Waals surface area (Å²) in [6.07, 6.45) is 3.04. The van der Waals surface area contributed by atoms with Crippen LogP contribution >= 0.6 is 0 Å². The second-order valence-corrected chi connectivity index (χ2v) is 10.4. The molecule has 0 aliphatic carbocycles. The Kier molecular flexibility index (Phi) is 6.09. The van der Waals surface area contributed by atoms with Crippen molar-refractivity contribution in [2.75, 3.05) is 11.2 Å². The van der Waals surface area contributed by atoms with Gasteiger partial charge in [-0.15, -0.1) is 0 Å². The number of carbonyl (C=O) groups excluding carboxylic acids is 1. The van der Waals surface area contributed by atoms with Crippen LogP contribution in [0.2, 0.25) is 0 Å². The number of benzene rings is 2. The minimum atomic E-state index is -3.28. The predicted octanol–water partition coefficient (Wildman–Crippen LogP) is 5.25. The van der Waals surface area contributed by atoms with Crippen LogP contribution in [0.5, 0.6) is 0 Å². The molecule has 0 saturated heterocycles. The molecule has 0 radical (unpaired) electrons. The van der Waals surface area contributed by atoms with E-state index in [-0.39, 0.29) is 23.3 Å². The van der Waals surface area contributed by atoms with Crippen molar-refractivity contribution >= 4 is 32.4 Å². The number of aryl methyl sites for hydroxylation is 1. The molecule has 0 aliphatic heterocycles. The van der Waals surface area contributed by atoms with Crippen LogP contribution in [-0.4, -0.2) is 26.6 Å². The molecule has 3 aromatic rings. The number of anilines is 1. The Morgan fingerprint density at radius 1 is 1.07 bits per heavy atom. The van der Waals surface area contributed by atoms with Gasteiger partial charge in [-0.3, -0.25) is 4.79 Å². The van der Waals surface area contributed by atoms with E-state index in [9.17, 15) is 13.2 Å². The lowest BCUT2D eigenvalue weighted by Crippen LogP contribution is -2.38. The molecule has 5 nitrogen and oxygen atoms in total. The van der Waals surface area contributed by atoms with E-state index in [1.165, 1.54) is 29.5 Å². The van der Waals surface area contributed by atoms with Gasteiger partial charge in [0.15, 0.2) is 9.84 Å². The van der Waals surface area contributed by atoms with E-state index >= 15 is 0 Å². The molecule has 3 rings (SSSR count). The molecule has 0 aliphatic rings. The molecule has 0 fully saturated rings. The summed E-state index contributed by atoms with van der Waals surface area (Å²) in [5.74, 6) is 0.319. The molecular weight excluding hydrogens is 398 g/mol. The molecule has 0 bridgehead atoms. The number of carbonyl (C=O) groups is 1. The standard InChI is InChI=1S/C24H29NO4S/c1-15(2)21-13-22-18(14-29-23(22)11-17(21)5)12-24(26)25(16(3)4)19-7-9-20(10-8-19)30(6,27)28/h7-11,13-16H,12H2,1-6H3. The summed E-state index contributed by atoms with van der Waals surface area (Å²) in [5, 5.41) is 0.966. The SMILES string of the molecule is Cc1cc2occ(CC(=O)N(c3ccc(S(C)(=O)=O)cc3)C(C)C)c2cc1C(C)C. The summed E-state index contributed by atoms with van der Waals surface area (Å²) in [6.45, 7) is 10.3. The lowest BCUT2D eigenvalue weighted by Gasteiger charge is -2.27. The summed E-state index contributed by atoms with van der Waals surface area (Å²) < 4.78 is 29.2. The molecule has 0 unspecified atom stereocenters. The molecule has 1 amide bonds. The number of furan rings is 1. The van der Waals surface area contributed by atoms with Gasteiger partial charge in [0.05, 0.1) is 17.6 Å². The second kappa shape index (κ2) is 8.26. The molecule has 1 aromatic heterocycles. The maximum absolute atomic E-state index is 13.2. The number of amides is 1. The van der Waals surface area contributed by atoms with Crippen molar-refractivity contribution in [1.29, 1.82) is 0 Å². The van der Waals surface area contributed by atoms with Crippen LogP contribution in [0.15, 0.2) is 52.0 Å². The average molecular weight is 428 g/mol. The van der Waals surface area contributed by atoms with Gasteiger partial charge in [0.2, 0.25) is 5.91 Å². The molecule has 2 aromatic carbocycles. The van der Waals surface area contributed by atoms with E-state index in [2.05, 4.69) is 26.8 Å². The lowest BCUT2D eigenvalue weighted by atomic mass is 9.95. The Balaban J connectivity index is 1.93. The van der Waals surface area contributed by atoms with E-state index in [0.29, 0.717) is 11.6 Å². The molecule has 1 heterocycles. The molecule has 160 valence electrons. The van der Waals surface area contributed by atoms with Crippen LogP contribution in [0.25, 0.3) is 11.0 Å². The number of sulfone groups is 1. The molecule has 0 N–H and O–H groups in total. The molecule has 6 heteroatoms. The number of rotatable bonds is 6. The van der Waals surface area contributed by atoms with Crippen molar-refractivity contribution in [2.24, 2.45) is 0 Å². The smallest absolute Gasteiger partial charge is 0.231 e. The van der Waals surface area contributed by atoms with E-state index in [1.54, 1.807) is 23.3 Å². The largest absolute Gasteiger partial charge is 0.464 e. The highest BCUT2D eigenvalue weighted by Crippen LogP contribution is 2.30. The van der Waals surface area contributed by atoms with Crippen molar-refractivity contribution < 1.29 is 17.6 Å². The van der Waals surface area contributed by atoms with Crippen LogP contribution in [0.4, 0.5) is 5.69 Å². The van der Waals surface area contributed by atoms with Gasteiger partial charge in [-0.25, -0.2) is 8.42 Å². The van der Waals surface area contributed by atoms with E-state index in [4.69, 9.17) is 4.42 Å². The molecule has 0 atom stereocenters. The van der Waals surface area contributed by atoms with E-state index in [0.717, 1.165) is 16.5 Å². The maximum atomic E-state index is 13.2. The van der Waals surface area contributed by atoms with Crippen molar-refractivity contribution in [3.05, 3.63) is 59.4 Å². The van der Waals surface area contributed by atoms with Gasteiger partial charge in [0, 0.05) is 28.9 Å². The Morgan fingerprint density at radius 2 is 1.70 bits per heavy atom. The van der Waals surface area contributed by atoms with Crippen LogP contribution in [-0.2, 0) is 21.1 Å². The zero-order valence-corrected chi connectivity index (χ0v) is 19.2. The van der Waals surface area contributed by atoms with Crippen molar-refractivity contribution in [3.8, 4) is 0 Å². The molecular formula is C24H29NO4S.